The van der Waals surface area contributed by atoms with Gasteiger partial charge in [-0.05, 0) is 36.4 Å². The summed E-state index contributed by atoms with van der Waals surface area (Å²) in [4.78, 5) is 20.1. The lowest BCUT2D eigenvalue weighted by atomic mass is 10.0. The molecule has 30 heavy (non-hydrogen) atoms. The maximum Gasteiger partial charge on any atom is 0.416 e. The van der Waals surface area contributed by atoms with Gasteiger partial charge in [-0.2, -0.15) is 13.2 Å². The van der Waals surface area contributed by atoms with Gasteiger partial charge >= 0.3 is 11.8 Å². The number of hydrogen-bond donors (Lipinski definition) is 1. The third-order valence-electron chi connectivity index (χ3n) is 4.48. The molecule has 0 aliphatic rings. The van der Waals surface area contributed by atoms with Crippen LogP contribution in [0.3, 0.4) is 0 Å². The van der Waals surface area contributed by atoms with Crippen LogP contribution in [0.2, 0.25) is 0 Å². The number of ether oxygens (including phenoxy) is 1. The van der Waals surface area contributed by atoms with Gasteiger partial charge in [-0.1, -0.05) is 12.1 Å². The van der Waals surface area contributed by atoms with E-state index in [9.17, 15) is 18.0 Å². The smallest absolute Gasteiger partial charge is 0.416 e. The Morgan fingerprint density at radius 2 is 1.63 bits per heavy atom. The Balaban J connectivity index is 1.91. The maximum absolute atomic E-state index is 12.8. The molecule has 4 rings (SSSR count). The van der Waals surface area contributed by atoms with Crippen molar-refractivity contribution in [3.05, 3.63) is 70.6 Å². The zero-order valence-electron chi connectivity index (χ0n) is 15.5. The van der Waals surface area contributed by atoms with Crippen molar-refractivity contribution < 1.29 is 22.3 Å². The van der Waals surface area contributed by atoms with Crippen molar-refractivity contribution in [1.29, 1.82) is 0 Å². The van der Waals surface area contributed by atoms with E-state index in [1.54, 1.807) is 24.3 Å². The molecule has 2 N–H and O–H groups in total. The van der Waals surface area contributed by atoms with Gasteiger partial charge in [0, 0.05) is 17.0 Å². The van der Waals surface area contributed by atoms with Crippen LogP contribution in [0.4, 0.5) is 19.1 Å². The zero-order chi connectivity index (χ0) is 21.5. The molecule has 0 fully saturated rings. The molecule has 0 bridgehead atoms. The molecule has 2 aromatic carbocycles. The van der Waals surface area contributed by atoms with Gasteiger partial charge in [0.25, 0.3) is 0 Å². The van der Waals surface area contributed by atoms with Crippen LogP contribution in [0.15, 0.2) is 63.8 Å². The van der Waals surface area contributed by atoms with Gasteiger partial charge in [-0.25, -0.2) is 14.8 Å². The number of benzene rings is 2. The summed E-state index contributed by atoms with van der Waals surface area (Å²) >= 11 is 0. The molecule has 0 unspecified atom stereocenters. The number of anilines is 1. The van der Waals surface area contributed by atoms with E-state index in [1.165, 1.54) is 25.3 Å². The van der Waals surface area contributed by atoms with Crippen molar-refractivity contribution in [2.24, 2.45) is 0 Å². The Labute approximate surface area is 167 Å². The molecule has 6 nitrogen and oxygen atoms in total. The molecule has 0 spiro atoms. The Morgan fingerprint density at radius 1 is 0.967 bits per heavy atom. The standard InChI is InChI=1S/C21H14F3N3O3/c1-29-16-8-4-12-5-9-17(28)30-19(12)18(16)15-10-14(26-20(25)27-15)11-2-6-13(7-3-11)21(22,23)24/h2-10H,1H3,(H2,25,26,27). The van der Waals surface area contributed by atoms with Crippen LogP contribution >= 0.6 is 0 Å². The van der Waals surface area contributed by atoms with E-state index in [-0.39, 0.29) is 11.5 Å². The molecule has 0 saturated carbocycles. The number of nitrogens with two attached hydrogens (primary N) is 1. The lowest BCUT2D eigenvalue weighted by molar-refractivity contribution is -0.137. The summed E-state index contributed by atoms with van der Waals surface area (Å²) in [7, 11) is 1.45. The Hall–Kier alpha value is -3.88. The first-order chi connectivity index (χ1) is 14.3. The summed E-state index contributed by atoms with van der Waals surface area (Å²) < 4.78 is 49.3. The molecule has 152 valence electrons. The van der Waals surface area contributed by atoms with Crippen LogP contribution in [0, 0.1) is 0 Å². The SMILES string of the molecule is COc1ccc2ccc(=O)oc2c1-c1cc(-c2ccc(C(F)(F)F)cc2)nc(N)n1. The summed E-state index contributed by atoms with van der Waals surface area (Å²) in [5, 5.41) is 0.638. The van der Waals surface area contributed by atoms with Gasteiger partial charge in [-0.3, -0.25) is 0 Å². The van der Waals surface area contributed by atoms with Gasteiger partial charge in [0.2, 0.25) is 5.95 Å². The molecular weight excluding hydrogens is 399 g/mol. The maximum atomic E-state index is 12.8. The number of nitrogen functional groups attached to an aromatic ring is 1. The highest BCUT2D eigenvalue weighted by atomic mass is 19.4. The highest BCUT2D eigenvalue weighted by Gasteiger charge is 2.30. The minimum absolute atomic E-state index is 0.0975. The molecule has 0 aliphatic carbocycles. The summed E-state index contributed by atoms with van der Waals surface area (Å²) in [5.41, 5.74) is 6.19. The third kappa shape index (κ3) is 3.57. The molecule has 0 aliphatic heterocycles. The molecule has 2 heterocycles. The quantitative estimate of drug-likeness (QED) is 0.497. The van der Waals surface area contributed by atoms with Crippen molar-refractivity contribution in [2.75, 3.05) is 12.8 Å². The number of rotatable bonds is 3. The number of fused-ring (bicyclic) bond motifs is 1. The van der Waals surface area contributed by atoms with Crippen LogP contribution in [-0.4, -0.2) is 17.1 Å². The van der Waals surface area contributed by atoms with Crippen molar-refractivity contribution in [3.8, 4) is 28.3 Å². The van der Waals surface area contributed by atoms with Crippen molar-refractivity contribution in [1.82, 2.24) is 9.97 Å². The largest absolute Gasteiger partial charge is 0.496 e. The first kappa shape index (κ1) is 19.4. The van der Waals surface area contributed by atoms with E-state index in [1.807, 2.05) is 0 Å². The minimum atomic E-state index is -4.44. The average Bonchev–Trinajstić information content (AvgIpc) is 2.71. The minimum Gasteiger partial charge on any atom is -0.496 e. The van der Waals surface area contributed by atoms with Gasteiger partial charge in [-0.15, -0.1) is 0 Å². The number of alkyl halides is 3. The van der Waals surface area contributed by atoms with Crippen molar-refractivity contribution in [3.63, 3.8) is 0 Å². The monoisotopic (exact) mass is 413 g/mol. The number of methoxy groups -OCH3 is 1. The van der Waals surface area contributed by atoms with Gasteiger partial charge < -0.3 is 14.9 Å². The summed E-state index contributed by atoms with van der Waals surface area (Å²) in [6, 6.07) is 12.4. The molecule has 9 heteroatoms. The van der Waals surface area contributed by atoms with Gasteiger partial charge in [0.05, 0.1) is 29.6 Å². The van der Waals surface area contributed by atoms with E-state index in [4.69, 9.17) is 14.9 Å². The fourth-order valence-electron chi connectivity index (χ4n) is 3.10. The summed E-state index contributed by atoms with van der Waals surface area (Å²) in [6.45, 7) is 0. The highest BCUT2D eigenvalue weighted by molar-refractivity contribution is 5.95. The Bertz CT molecular complexity index is 1300. The molecule has 2 aromatic heterocycles. The second-order valence-corrected chi connectivity index (χ2v) is 6.39. The molecule has 0 atom stereocenters. The average molecular weight is 413 g/mol. The second kappa shape index (κ2) is 7.18. The molecule has 4 aromatic rings. The fourth-order valence-corrected chi connectivity index (χ4v) is 3.10. The van der Waals surface area contributed by atoms with Crippen LogP contribution < -0.4 is 16.1 Å². The third-order valence-corrected chi connectivity index (χ3v) is 4.48. The summed E-state index contributed by atoms with van der Waals surface area (Å²) in [5.74, 6) is 0.285. The van der Waals surface area contributed by atoms with Crippen LogP contribution in [0.25, 0.3) is 33.5 Å². The molecule has 0 radical (unpaired) electrons. The van der Waals surface area contributed by atoms with Gasteiger partial charge in [0.1, 0.15) is 5.75 Å². The highest BCUT2D eigenvalue weighted by Crippen LogP contribution is 2.37. The van der Waals surface area contributed by atoms with E-state index >= 15 is 0 Å². The first-order valence-corrected chi connectivity index (χ1v) is 8.69. The normalized spacial score (nSPS) is 11.6. The lowest BCUT2D eigenvalue weighted by Crippen LogP contribution is -2.04. The van der Waals surface area contributed by atoms with E-state index in [2.05, 4.69) is 9.97 Å². The van der Waals surface area contributed by atoms with Crippen LogP contribution in [0.5, 0.6) is 5.75 Å². The zero-order valence-corrected chi connectivity index (χ0v) is 15.5. The first-order valence-electron chi connectivity index (χ1n) is 8.69. The number of hydrogen-bond acceptors (Lipinski definition) is 6. The predicted molar refractivity (Wildman–Crippen MR) is 105 cm³/mol. The predicted octanol–water partition coefficient (Wildman–Crippen LogP) is 4.53. The summed E-state index contributed by atoms with van der Waals surface area (Å²) in [6.07, 6.45) is -4.44. The number of aromatic nitrogens is 2. The Morgan fingerprint density at radius 3 is 2.30 bits per heavy atom. The number of halogens is 3. The fraction of sp³-hybridized carbons (Fsp3) is 0.0952. The van der Waals surface area contributed by atoms with Gasteiger partial charge in [0.15, 0.2) is 5.58 Å². The molecule has 0 saturated heterocycles. The van der Waals surface area contributed by atoms with E-state index in [0.29, 0.717) is 33.7 Å². The van der Waals surface area contributed by atoms with Crippen LogP contribution in [0.1, 0.15) is 5.56 Å². The lowest BCUT2D eigenvalue weighted by Gasteiger charge is -2.12. The Kier molecular flexibility index (Phi) is 4.65. The van der Waals surface area contributed by atoms with Crippen molar-refractivity contribution >= 4 is 16.9 Å². The van der Waals surface area contributed by atoms with Crippen molar-refractivity contribution in [2.45, 2.75) is 6.18 Å². The second-order valence-electron chi connectivity index (χ2n) is 6.39. The van der Waals surface area contributed by atoms with Crippen LogP contribution in [-0.2, 0) is 6.18 Å². The topological polar surface area (TPSA) is 91.2 Å². The van der Waals surface area contributed by atoms with E-state index in [0.717, 1.165) is 12.1 Å². The number of nitrogens with zero attached hydrogens (tertiary/aromatic N) is 2. The van der Waals surface area contributed by atoms with E-state index < -0.39 is 17.4 Å². The molecular formula is C21H14F3N3O3. The molecule has 0 amide bonds.